The van der Waals surface area contributed by atoms with Gasteiger partial charge in [-0.25, -0.2) is 9.59 Å². The summed E-state index contributed by atoms with van der Waals surface area (Å²) in [5.74, 6) is -2.36. The number of halogens is 5. The Morgan fingerprint density at radius 1 is 0.902 bits per heavy atom. The molecule has 0 saturated carbocycles. The van der Waals surface area contributed by atoms with Gasteiger partial charge in [-0.2, -0.15) is 17.6 Å². The molecule has 0 aromatic rings. The molecule has 0 spiro atoms. The van der Waals surface area contributed by atoms with Crippen LogP contribution in [0.2, 0.25) is 0 Å². The summed E-state index contributed by atoms with van der Waals surface area (Å²) in [5.41, 5.74) is -1.13. The van der Waals surface area contributed by atoms with Gasteiger partial charge in [-0.1, -0.05) is 6.58 Å². The molecule has 236 valence electrons. The van der Waals surface area contributed by atoms with Gasteiger partial charge in [0.15, 0.2) is 0 Å². The molecule has 1 N–H and O–H groups in total. The summed E-state index contributed by atoms with van der Waals surface area (Å²) >= 11 is 2.03. The zero-order valence-electron chi connectivity index (χ0n) is 24.1. The predicted molar refractivity (Wildman–Crippen MR) is 145 cm³/mol. The van der Waals surface area contributed by atoms with Gasteiger partial charge in [0, 0.05) is 32.3 Å². The zero-order valence-corrected chi connectivity index (χ0v) is 25.6. The number of carbonyl (C=O) groups excluding carboxylic acids is 3. The number of alkyl halides is 3. The summed E-state index contributed by atoms with van der Waals surface area (Å²) in [7, 11) is 0. The van der Waals surface area contributed by atoms with Crippen LogP contribution >= 0.6 is 15.9 Å². The van der Waals surface area contributed by atoms with Crippen molar-refractivity contribution in [2.24, 2.45) is 11.8 Å². The van der Waals surface area contributed by atoms with Gasteiger partial charge in [0.1, 0.15) is 17.8 Å². The molecule has 2 unspecified atom stereocenters. The summed E-state index contributed by atoms with van der Waals surface area (Å²) in [6.45, 7) is 14.3. The number of carbonyl (C=O) groups is 4. The van der Waals surface area contributed by atoms with E-state index in [2.05, 4.69) is 6.58 Å². The quantitative estimate of drug-likeness (QED) is 0.124. The van der Waals surface area contributed by atoms with Crippen LogP contribution in [0.5, 0.6) is 0 Å². The number of carboxylic acids is 1. The number of aliphatic carboxylic acids is 1. The van der Waals surface area contributed by atoms with Crippen LogP contribution in [0, 0.1) is 11.8 Å². The molecule has 2 atom stereocenters. The largest absolute Gasteiger partial charge is 0.481 e. The molecule has 2 saturated heterocycles. The van der Waals surface area contributed by atoms with Gasteiger partial charge in [0.05, 0.1) is 11.8 Å². The number of nitrogens with zero attached hydrogens (tertiary/aromatic N) is 2. The third kappa shape index (κ3) is 18.3. The average Bonchev–Trinajstić information content (AvgIpc) is 3.47. The molecule has 15 heteroatoms. The number of ether oxygens (including phenoxy) is 3. The maximum atomic E-state index is 11.8. The fraction of sp³-hybridized carbons (Fsp3) is 0.692. The van der Waals surface area contributed by atoms with Gasteiger partial charge < -0.3 is 29.1 Å². The van der Waals surface area contributed by atoms with Gasteiger partial charge in [0.25, 0.3) is 6.08 Å². The Bertz CT molecular complexity index is 941. The smallest absolute Gasteiger partial charge is 0.410 e. The van der Waals surface area contributed by atoms with Crippen LogP contribution in [0.25, 0.3) is 0 Å². The minimum absolute atomic E-state index is 0.190. The molecule has 2 fully saturated rings. The van der Waals surface area contributed by atoms with Gasteiger partial charge in [-0.15, -0.1) is 0 Å². The normalized spacial score (nSPS) is 18.6. The van der Waals surface area contributed by atoms with Crippen LogP contribution in [0.15, 0.2) is 24.8 Å². The van der Waals surface area contributed by atoms with Gasteiger partial charge in [0.2, 0.25) is 0 Å². The van der Waals surface area contributed by atoms with Crippen LogP contribution < -0.4 is 0 Å². The Balaban J connectivity index is 0.000000669. The minimum Gasteiger partial charge on any atom is -0.481 e. The maximum Gasteiger partial charge on any atom is 0.410 e. The van der Waals surface area contributed by atoms with Crippen LogP contribution in [0.1, 0.15) is 54.4 Å². The third-order valence-electron chi connectivity index (χ3n) is 5.06. The van der Waals surface area contributed by atoms with E-state index >= 15 is 0 Å². The van der Waals surface area contributed by atoms with Gasteiger partial charge >= 0.3 is 29.0 Å². The Kier molecular flexibility index (Phi) is 15.4. The first kappa shape index (κ1) is 38.2. The second kappa shape index (κ2) is 16.6. The molecular weight excluding hydrogens is 624 g/mol. The van der Waals surface area contributed by atoms with E-state index in [1.807, 2.05) is 15.9 Å². The molecular formula is C26H39BrF4N2O8. The first-order valence-corrected chi connectivity index (χ1v) is 13.4. The Morgan fingerprint density at radius 2 is 1.29 bits per heavy atom. The lowest BCUT2D eigenvalue weighted by atomic mass is 10.1. The van der Waals surface area contributed by atoms with Crippen molar-refractivity contribution in [2.45, 2.75) is 70.4 Å². The lowest BCUT2D eigenvalue weighted by molar-refractivity contribution is -0.146. The van der Waals surface area contributed by atoms with Crippen LogP contribution in [0.4, 0.5) is 27.2 Å². The molecule has 0 radical (unpaired) electrons. The third-order valence-corrected chi connectivity index (χ3v) is 5.38. The van der Waals surface area contributed by atoms with Crippen LogP contribution in [0.3, 0.4) is 0 Å². The van der Waals surface area contributed by atoms with Crippen LogP contribution in [-0.4, -0.2) is 87.9 Å². The highest BCUT2D eigenvalue weighted by molar-refractivity contribution is 9.10. The highest BCUT2D eigenvalue weighted by atomic mass is 79.9. The summed E-state index contributed by atoms with van der Waals surface area (Å²) in [5, 5.41) is 8.77. The number of hydrogen-bond donors (Lipinski definition) is 1. The van der Waals surface area contributed by atoms with E-state index in [1.165, 1.54) is 9.80 Å². The number of amides is 2. The Morgan fingerprint density at radius 3 is 1.61 bits per heavy atom. The highest BCUT2D eigenvalue weighted by Gasteiger charge is 2.35. The zero-order chi connectivity index (χ0) is 32.2. The minimum atomic E-state index is -2.88. The van der Waals surface area contributed by atoms with Gasteiger partial charge in [-0.05, 0) is 76.4 Å². The van der Waals surface area contributed by atoms with Crippen molar-refractivity contribution in [2.75, 3.05) is 32.8 Å². The standard InChI is InChI=1S/C13H19F2NO4.C10H17NO4.C3H3BrF2/c1-13(2,3)20-12(18)16-6-4-9(8-16)11(17)19-7-5-10(14)15;1-10(2,3)15-9(14)11-5-4-7(6-11)8(12)13;1-2-3(4,5)6/h5,9H,4,6-8H2,1-3H3;7H,4-6H2,1-3H3,(H,12,13);2H,1H2. The summed E-state index contributed by atoms with van der Waals surface area (Å²) in [6.07, 6.45) is -0.798. The van der Waals surface area contributed by atoms with Gasteiger partial charge in [-0.3, -0.25) is 9.59 Å². The topological polar surface area (TPSA) is 123 Å². The molecule has 41 heavy (non-hydrogen) atoms. The van der Waals surface area contributed by atoms with E-state index in [1.54, 1.807) is 41.5 Å². The lowest BCUT2D eigenvalue weighted by Gasteiger charge is -2.24. The SMILES string of the molecule is C=CC(F)(F)Br.CC(C)(C)OC(=O)N1CCC(C(=O)O)C1.CC(C)(C)OC(=O)N1CCC(C(=O)OCC=C(F)F)C1. The summed E-state index contributed by atoms with van der Waals surface area (Å²) in [4.78, 5) is 45.6. The number of carboxylic acid groups (broad SMARTS) is 1. The van der Waals surface area contributed by atoms with Crippen LogP contribution in [-0.2, 0) is 23.8 Å². The van der Waals surface area contributed by atoms with Crippen molar-refractivity contribution in [3.05, 3.63) is 24.8 Å². The first-order valence-electron chi connectivity index (χ1n) is 12.6. The van der Waals surface area contributed by atoms with Crippen molar-refractivity contribution in [3.63, 3.8) is 0 Å². The second-order valence-corrected chi connectivity index (χ2v) is 12.1. The molecule has 2 heterocycles. The van der Waals surface area contributed by atoms with E-state index in [-0.39, 0.29) is 13.1 Å². The fourth-order valence-corrected chi connectivity index (χ4v) is 3.20. The molecule has 0 aliphatic carbocycles. The second-order valence-electron chi connectivity index (χ2n) is 11.0. The Hall–Kier alpha value is -2.84. The fourth-order valence-electron chi connectivity index (χ4n) is 3.20. The molecule has 2 aliphatic rings. The van der Waals surface area contributed by atoms with Crippen molar-refractivity contribution in [3.8, 4) is 0 Å². The predicted octanol–water partition coefficient (Wildman–Crippen LogP) is 6.06. The first-order chi connectivity index (χ1) is 18.5. The number of hydrogen-bond acceptors (Lipinski definition) is 7. The van der Waals surface area contributed by atoms with E-state index in [9.17, 15) is 36.7 Å². The van der Waals surface area contributed by atoms with Crippen molar-refractivity contribution in [1.29, 1.82) is 0 Å². The number of rotatable bonds is 5. The van der Waals surface area contributed by atoms with Crippen molar-refractivity contribution >= 4 is 40.1 Å². The average molecular weight is 664 g/mol. The maximum absolute atomic E-state index is 11.8. The van der Waals surface area contributed by atoms with Crippen molar-refractivity contribution in [1.82, 2.24) is 9.80 Å². The molecule has 10 nitrogen and oxygen atoms in total. The number of allylic oxidation sites excluding steroid dienone is 1. The highest BCUT2D eigenvalue weighted by Crippen LogP contribution is 2.22. The molecule has 2 rings (SSSR count). The molecule has 2 amide bonds. The monoisotopic (exact) mass is 662 g/mol. The summed E-state index contributed by atoms with van der Waals surface area (Å²) in [6, 6.07) is 0. The molecule has 0 aromatic carbocycles. The Labute approximate surface area is 245 Å². The summed E-state index contributed by atoms with van der Waals surface area (Å²) < 4.78 is 61.1. The molecule has 2 aliphatic heterocycles. The van der Waals surface area contributed by atoms with E-state index < -0.39 is 64.7 Å². The van der Waals surface area contributed by atoms with E-state index in [0.717, 1.165) is 0 Å². The van der Waals surface area contributed by atoms with E-state index in [0.29, 0.717) is 38.1 Å². The number of likely N-dealkylation sites (tertiary alicyclic amines) is 2. The molecule has 0 bridgehead atoms. The lowest BCUT2D eigenvalue weighted by Crippen LogP contribution is -2.36. The van der Waals surface area contributed by atoms with E-state index in [4.69, 9.17) is 19.3 Å². The molecule has 0 aromatic heterocycles. The van der Waals surface area contributed by atoms with Crippen molar-refractivity contribution < 1.29 is 56.1 Å². The number of esters is 1.